The minimum atomic E-state index is -0.784. The van der Waals surface area contributed by atoms with E-state index in [1.54, 1.807) is 0 Å². The van der Waals surface area contributed by atoms with Gasteiger partial charge in [0.05, 0.1) is 13.2 Å². The first-order valence-electron chi connectivity index (χ1n) is 5.85. The van der Waals surface area contributed by atoms with Crippen LogP contribution in [0.2, 0.25) is 0 Å². The molecule has 4 heteroatoms. The van der Waals surface area contributed by atoms with Crippen LogP contribution in [0.25, 0.3) is 0 Å². The zero-order valence-electron chi connectivity index (χ0n) is 9.56. The van der Waals surface area contributed by atoms with Gasteiger partial charge < -0.3 is 9.84 Å². The van der Waals surface area contributed by atoms with E-state index in [4.69, 9.17) is 4.74 Å². The molecule has 1 aromatic rings. The number of carbonyl (C=O) groups is 1. The normalized spacial score (nSPS) is 22.6. The van der Waals surface area contributed by atoms with E-state index >= 15 is 0 Å². The summed E-state index contributed by atoms with van der Waals surface area (Å²) in [6.07, 6.45) is 0.922. The van der Waals surface area contributed by atoms with Gasteiger partial charge >= 0.3 is 5.97 Å². The van der Waals surface area contributed by atoms with Crippen LogP contribution in [0.1, 0.15) is 11.1 Å². The van der Waals surface area contributed by atoms with Crippen molar-refractivity contribution in [3.63, 3.8) is 0 Å². The fourth-order valence-corrected chi connectivity index (χ4v) is 2.60. The molecule has 0 amide bonds. The minimum Gasteiger partial charge on any atom is -0.480 e. The molecular formula is C13H15NO3. The Kier molecular flexibility index (Phi) is 2.42. The molecule has 1 aromatic carbocycles. The predicted octanol–water partition coefficient (Wildman–Crippen LogP) is 0.898. The summed E-state index contributed by atoms with van der Waals surface area (Å²) in [6, 6.07) is 8.24. The van der Waals surface area contributed by atoms with Crippen molar-refractivity contribution in [2.24, 2.45) is 0 Å². The van der Waals surface area contributed by atoms with Gasteiger partial charge in [-0.3, -0.25) is 9.69 Å². The number of benzene rings is 1. The molecule has 0 atom stereocenters. The summed E-state index contributed by atoms with van der Waals surface area (Å²) in [6.45, 7) is 2.13. The van der Waals surface area contributed by atoms with Crippen LogP contribution < -0.4 is 0 Å². The van der Waals surface area contributed by atoms with E-state index in [0.717, 1.165) is 13.0 Å². The highest BCUT2D eigenvalue weighted by molar-refractivity contribution is 5.80. The van der Waals surface area contributed by atoms with Crippen LogP contribution in [-0.4, -0.2) is 41.3 Å². The predicted molar refractivity (Wildman–Crippen MR) is 61.7 cm³/mol. The Labute approximate surface area is 99.8 Å². The highest BCUT2D eigenvalue weighted by Crippen LogP contribution is 2.31. The summed E-state index contributed by atoms with van der Waals surface area (Å²) in [5, 5.41) is 9.36. The summed E-state index contributed by atoms with van der Waals surface area (Å²) >= 11 is 0. The fraction of sp³-hybridized carbons (Fsp3) is 0.462. The van der Waals surface area contributed by atoms with Crippen molar-refractivity contribution in [2.45, 2.75) is 18.5 Å². The lowest BCUT2D eigenvalue weighted by molar-refractivity contribution is -0.189. The van der Waals surface area contributed by atoms with Crippen molar-refractivity contribution in [3.05, 3.63) is 35.4 Å². The number of carboxylic acid groups (broad SMARTS) is 1. The van der Waals surface area contributed by atoms with Crippen LogP contribution in [0.4, 0.5) is 0 Å². The smallest absolute Gasteiger partial charge is 0.328 e. The first-order valence-corrected chi connectivity index (χ1v) is 5.85. The Morgan fingerprint density at radius 1 is 1.29 bits per heavy atom. The third-order valence-electron chi connectivity index (χ3n) is 3.82. The Hall–Kier alpha value is -1.39. The number of hydrogen-bond acceptors (Lipinski definition) is 3. The van der Waals surface area contributed by atoms with E-state index in [-0.39, 0.29) is 0 Å². The second-order valence-electron chi connectivity index (χ2n) is 4.77. The second kappa shape index (κ2) is 3.82. The number of carboxylic acids is 1. The maximum absolute atomic E-state index is 11.4. The van der Waals surface area contributed by atoms with Gasteiger partial charge in [0.25, 0.3) is 0 Å². The number of nitrogens with zero attached hydrogens (tertiary/aromatic N) is 1. The number of rotatable bonds is 2. The summed E-state index contributed by atoms with van der Waals surface area (Å²) in [5.74, 6) is -0.761. The zero-order valence-corrected chi connectivity index (χ0v) is 9.56. The van der Waals surface area contributed by atoms with Gasteiger partial charge in [0, 0.05) is 13.1 Å². The number of hydrogen-bond donors (Lipinski definition) is 1. The number of ether oxygens (including phenoxy) is 1. The van der Waals surface area contributed by atoms with Crippen molar-refractivity contribution in [2.75, 3.05) is 19.8 Å². The summed E-state index contributed by atoms with van der Waals surface area (Å²) in [4.78, 5) is 13.4. The Morgan fingerprint density at radius 3 is 2.59 bits per heavy atom. The largest absolute Gasteiger partial charge is 0.480 e. The molecule has 2 aliphatic rings. The van der Waals surface area contributed by atoms with E-state index in [0.29, 0.717) is 19.8 Å². The van der Waals surface area contributed by atoms with Gasteiger partial charge in [-0.25, -0.2) is 0 Å². The lowest BCUT2D eigenvalue weighted by Crippen LogP contribution is -2.67. The third-order valence-corrected chi connectivity index (χ3v) is 3.82. The van der Waals surface area contributed by atoms with E-state index in [1.165, 1.54) is 11.1 Å². The number of fused-ring (bicyclic) bond motifs is 1. The van der Waals surface area contributed by atoms with Crippen LogP contribution in [0, 0.1) is 0 Å². The lowest BCUT2D eigenvalue weighted by atomic mass is 9.90. The molecular weight excluding hydrogens is 218 g/mol. The standard InChI is InChI=1S/C13H15NO3/c15-12(16)13(8-17-9-13)14-6-5-10-3-1-2-4-11(10)7-14/h1-4H,5-9H2,(H,15,16). The van der Waals surface area contributed by atoms with Crippen LogP contribution in [0.3, 0.4) is 0 Å². The molecule has 1 saturated heterocycles. The van der Waals surface area contributed by atoms with Crippen molar-refractivity contribution < 1.29 is 14.6 Å². The first-order chi connectivity index (χ1) is 8.22. The minimum absolute atomic E-state index is 0.310. The molecule has 1 fully saturated rings. The third kappa shape index (κ3) is 1.56. The van der Waals surface area contributed by atoms with E-state index < -0.39 is 11.5 Å². The van der Waals surface area contributed by atoms with Gasteiger partial charge in [0.1, 0.15) is 0 Å². The Morgan fingerprint density at radius 2 is 2.00 bits per heavy atom. The van der Waals surface area contributed by atoms with E-state index in [9.17, 15) is 9.90 Å². The van der Waals surface area contributed by atoms with Crippen molar-refractivity contribution in [1.29, 1.82) is 0 Å². The van der Waals surface area contributed by atoms with Crippen molar-refractivity contribution >= 4 is 5.97 Å². The molecule has 0 bridgehead atoms. The highest BCUT2D eigenvalue weighted by Gasteiger charge is 2.51. The molecule has 0 unspecified atom stereocenters. The lowest BCUT2D eigenvalue weighted by Gasteiger charge is -2.47. The second-order valence-corrected chi connectivity index (χ2v) is 4.77. The molecule has 3 rings (SSSR count). The SMILES string of the molecule is O=C(O)C1(N2CCc3ccccc3C2)COC1. The van der Waals surface area contributed by atoms with Gasteiger partial charge in [-0.1, -0.05) is 24.3 Å². The molecule has 2 aliphatic heterocycles. The van der Waals surface area contributed by atoms with E-state index in [2.05, 4.69) is 12.1 Å². The fourth-order valence-electron chi connectivity index (χ4n) is 2.60. The quantitative estimate of drug-likeness (QED) is 0.824. The number of aliphatic carboxylic acids is 1. The molecule has 2 heterocycles. The maximum atomic E-state index is 11.4. The van der Waals surface area contributed by atoms with E-state index in [1.807, 2.05) is 17.0 Å². The van der Waals surface area contributed by atoms with Gasteiger partial charge in [0.15, 0.2) is 5.54 Å². The van der Waals surface area contributed by atoms with Crippen LogP contribution in [0.5, 0.6) is 0 Å². The van der Waals surface area contributed by atoms with Gasteiger partial charge in [-0.15, -0.1) is 0 Å². The highest BCUT2D eigenvalue weighted by atomic mass is 16.5. The maximum Gasteiger partial charge on any atom is 0.328 e. The molecule has 90 valence electrons. The van der Waals surface area contributed by atoms with Crippen LogP contribution in [0.15, 0.2) is 24.3 Å². The first kappa shape index (κ1) is 10.7. The van der Waals surface area contributed by atoms with Crippen molar-refractivity contribution in [1.82, 2.24) is 4.90 Å². The molecule has 0 aromatic heterocycles. The monoisotopic (exact) mass is 233 g/mol. The van der Waals surface area contributed by atoms with Crippen LogP contribution in [-0.2, 0) is 22.5 Å². The molecule has 4 nitrogen and oxygen atoms in total. The molecule has 17 heavy (non-hydrogen) atoms. The average molecular weight is 233 g/mol. The zero-order chi connectivity index (χ0) is 11.9. The molecule has 0 spiro atoms. The Balaban J connectivity index is 1.86. The van der Waals surface area contributed by atoms with Crippen LogP contribution >= 0.6 is 0 Å². The molecule has 1 N–H and O–H groups in total. The topological polar surface area (TPSA) is 49.8 Å². The molecule has 0 radical (unpaired) electrons. The van der Waals surface area contributed by atoms with Crippen molar-refractivity contribution in [3.8, 4) is 0 Å². The Bertz CT molecular complexity index is 454. The van der Waals surface area contributed by atoms with Gasteiger partial charge in [-0.2, -0.15) is 0 Å². The molecule has 0 aliphatic carbocycles. The van der Waals surface area contributed by atoms with Gasteiger partial charge in [-0.05, 0) is 17.5 Å². The van der Waals surface area contributed by atoms with Gasteiger partial charge in [0.2, 0.25) is 0 Å². The summed E-state index contributed by atoms with van der Waals surface area (Å²) in [5.41, 5.74) is 1.80. The summed E-state index contributed by atoms with van der Waals surface area (Å²) in [7, 11) is 0. The average Bonchev–Trinajstić information content (AvgIpc) is 2.27. The molecule has 0 saturated carbocycles. The summed E-state index contributed by atoms with van der Waals surface area (Å²) < 4.78 is 5.12.